The number of hydrogen-bond donors (Lipinski definition) is 1. The number of aliphatic carboxylic acids is 1. The lowest BCUT2D eigenvalue weighted by molar-refractivity contribution is -0.137. The van der Waals surface area contributed by atoms with Crippen LogP contribution in [-0.4, -0.2) is 36.4 Å². The van der Waals surface area contributed by atoms with Crippen LogP contribution in [0.4, 0.5) is 4.39 Å². The first-order valence-corrected chi connectivity index (χ1v) is 7.76. The Labute approximate surface area is 117 Å². The van der Waals surface area contributed by atoms with Gasteiger partial charge in [-0.2, -0.15) is 4.31 Å². The van der Waals surface area contributed by atoms with Crippen LogP contribution in [0.2, 0.25) is 0 Å². The third-order valence-corrected chi connectivity index (χ3v) is 5.43. The van der Waals surface area contributed by atoms with E-state index in [0.717, 1.165) is 6.07 Å². The smallest absolute Gasteiger partial charge is 0.304 e. The summed E-state index contributed by atoms with van der Waals surface area (Å²) in [5, 5.41) is 8.83. The van der Waals surface area contributed by atoms with Crippen molar-refractivity contribution in [2.45, 2.75) is 37.1 Å². The number of benzene rings is 1. The van der Waals surface area contributed by atoms with Crippen molar-refractivity contribution in [3.8, 4) is 0 Å². The summed E-state index contributed by atoms with van der Waals surface area (Å²) in [7, 11) is -3.84. The zero-order valence-corrected chi connectivity index (χ0v) is 11.9. The van der Waals surface area contributed by atoms with Crippen LogP contribution in [0.5, 0.6) is 0 Å². The molecule has 1 N–H and O–H groups in total. The van der Waals surface area contributed by atoms with Crippen molar-refractivity contribution in [1.82, 2.24) is 4.31 Å². The molecule has 0 spiro atoms. The van der Waals surface area contributed by atoms with Crippen molar-refractivity contribution >= 4 is 16.0 Å². The van der Waals surface area contributed by atoms with Gasteiger partial charge in [-0.05, 0) is 37.5 Å². The van der Waals surface area contributed by atoms with Gasteiger partial charge in [-0.15, -0.1) is 0 Å². The van der Waals surface area contributed by atoms with Crippen LogP contribution in [0.3, 0.4) is 0 Å². The van der Waals surface area contributed by atoms with E-state index < -0.39 is 27.9 Å². The molecule has 1 aromatic rings. The van der Waals surface area contributed by atoms with Crippen LogP contribution in [0.25, 0.3) is 0 Å². The van der Waals surface area contributed by atoms with Crippen LogP contribution in [0.1, 0.15) is 24.8 Å². The maximum absolute atomic E-state index is 13.5. The van der Waals surface area contributed by atoms with Crippen LogP contribution in [0, 0.1) is 12.7 Å². The highest BCUT2D eigenvalue weighted by Crippen LogP contribution is 2.28. The average molecular weight is 301 g/mol. The minimum atomic E-state index is -3.84. The Hall–Kier alpha value is -1.47. The van der Waals surface area contributed by atoms with E-state index >= 15 is 0 Å². The van der Waals surface area contributed by atoms with E-state index in [1.54, 1.807) is 6.92 Å². The number of aryl methyl sites for hydroxylation is 1. The van der Waals surface area contributed by atoms with Crippen molar-refractivity contribution in [1.29, 1.82) is 0 Å². The molecular weight excluding hydrogens is 285 g/mol. The van der Waals surface area contributed by atoms with Gasteiger partial charge in [-0.25, -0.2) is 12.8 Å². The number of hydrogen-bond acceptors (Lipinski definition) is 3. The van der Waals surface area contributed by atoms with Gasteiger partial charge >= 0.3 is 5.97 Å². The number of halogens is 1. The molecule has 1 heterocycles. The first kappa shape index (κ1) is 14.9. The lowest BCUT2D eigenvalue weighted by Crippen LogP contribution is -2.36. The minimum absolute atomic E-state index is 0.127. The Bertz CT molecular complexity index is 629. The molecule has 1 aliphatic rings. The first-order chi connectivity index (χ1) is 9.32. The zero-order valence-electron chi connectivity index (χ0n) is 11.0. The van der Waals surface area contributed by atoms with Crippen molar-refractivity contribution < 1.29 is 22.7 Å². The fraction of sp³-hybridized carbons (Fsp3) is 0.462. The molecule has 110 valence electrons. The van der Waals surface area contributed by atoms with Gasteiger partial charge in [0.05, 0.1) is 11.3 Å². The van der Waals surface area contributed by atoms with E-state index in [4.69, 9.17) is 5.11 Å². The van der Waals surface area contributed by atoms with Crippen molar-refractivity contribution in [2.75, 3.05) is 6.54 Å². The predicted octanol–water partition coefficient (Wildman–Crippen LogP) is 1.76. The molecule has 0 saturated carbocycles. The normalized spacial score (nSPS) is 20.2. The van der Waals surface area contributed by atoms with Gasteiger partial charge in [-0.1, -0.05) is 6.07 Å². The lowest BCUT2D eigenvalue weighted by Gasteiger charge is -2.23. The average Bonchev–Trinajstić information content (AvgIpc) is 2.80. The second kappa shape index (κ2) is 5.49. The van der Waals surface area contributed by atoms with Gasteiger partial charge in [0.1, 0.15) is 5.82 Å². The van der Waals surface area contributed by atoms with E-state index in [2.05, 4.69) is 0 Å². The van der Waals surface area contributed by atoms with Gasteiger partial charge in [0, 0.05) is 12.6 Å². The molecule has 1 atom stereocenters. The van der Waals surface area contributed by atoms with Crippen LogP contribution in [-0.2, 0) is 14.8 Å². The fourth-order valence-electron chi connectivity index (χ4n) is 2.40. The third kappa shape index (κ3) is 2.83. The van der Waals surface area contributed by atoms with Gasteiger partial charge in [0.2, 0.25) is 10.0 Å². The Morgan fingerprint density at radius 1 is 1.50 bits per heavy atom. The maximum Gasteiger partial charge on any atom is 0.304 e. The molecule has 1 aromatic carbocycles. The van der Waals surface area contributed by atoms with Crippen LogP contribution >= 0.6 is 0 Å². The Kier molecular flexibility index (Phi) is 4.10. The molecule has 7 heteroatoms. The monoisotopic (exact) mass is 301 g/mol. The topological polar surface area (TPSA) is 74.7 Å². The highest BCUT2D eigenvalue weighted by molar-refractivity contribution is 7.89. The van der Waals surface area contributed by atoms with Gasteiger partial charge in [0.25, 0.3) is 0 Å². The number of rotatable bonds is 4. The van der Waals surface area contributed by atoms with E-state index in [0.29, 0.717) is 18.4 Å². The highest BCUT2D eigenvalue weighted by atomic mass is 32.2. The van der Waals surface area contributed by atoms with E-state index in [9.17, 15) is 17.6 Å². The highest BCUT2D eigenvalue weighted by Gasteiger charge is 2.36. The van der Waals surface area contributed by atoms with E-state index in [1.807, 2.05) is 0 Å². The summed E-state index contributed by atoms with van der Waals surface area (Å²) in [4.78, 5) is 10.7. The minimum Gasteiger partial charge on any atom is -0.481 e. The third-order valence-electron chi connectivity index (χ3n) is 3.48. The number of carboxylic acid groups (broad SMARTS) is 1. The molecule has 1 aliphatic heterocycles. The molecule has 0 bridgehead atoms. The molecule has 0 aliphatic carbocycles. The van der Waals surface area contributed by atoms with Crippen molar-refractivity contribution in [3.63, 3.8) is 0 Å². The molecule has 5 nitrogen and oxygen atoms in total. The summed E-state index contributed by atoms with van der Waals surface area (Å²) in [6.45, 7) is 1.82. The lowest BCUT2D eigenvalue weighted by atomic mass is 10.2. The summed E-state index contributed by atoms with van der Waals surface area (Å²) in [6.07, 6.45) is 0.902. The summed E-state index contributed by atoms with van der Waals surface area (Å²) < 4.78 is 39.6. The van der Waals surface area contributed by atoms with Crippen molar-refractivity contribution in [3.05, 3.63) is 29.6 Å². The SMILES string of the molecule is Cc1ccc(S(=O)(=O)N2CCCC2CC(=O)O)cc1F. The van der Waals surface area contributed by atoms with E-state index in [-0.39, 0.29) is 17.9 Å². The molecule has 1 saturated heterocycles. The largest absolute Gasteiger partial charge is 0.481 e. The Balaban J connectivity index is 2.33. The molecule has 1 unspecified atom stereocenters. The number of carbonyl (C=O) groups is 1. The van der Waals surface area contributed by atoms with Crippen LogP contribution < -0.4 is 0 Å². The summed E-state index contributed by atoms with van der Waals surface area (Å²) in [5.41, 5.74) is 0.368. The van der Waals surface area contributed by atoms with Gasteiger partial charge in [-0.3, -0.25) is 4.79 Å². The van der Waals surface area contributed by atoms with Gasteiger partial charge in [0.15, 0.2) is 0 Å². The molecule has 0 amide bonds. The van der Waals surface area contributed by atoms with Crippen LogP contribution in [0.15, 0.2) is 23.1 Å². The standard InChI is InChI=1S/C13H16FNO4S/c1-9-4-5-11(8-12(9)14)20(18,19)15-6-2-3-10(15)7-13(16)17/h4-5,8,10H,2-3,6-7H2,1H3,(H,16,17). The van der Waals surface area contributed by atoms with Gasteiger partial charge < -0.3 is 5.11 Å². The second-order valence-corrected chi connectivity index (χ2v) is 6.81. The predicted molar refractivity (Wildman–Crippen MR) is 70.3 cm³/mol. The zero-order chi connectivity index (χ0) is 14.9. The quantitative estimate of drug-likeness (QED) is 0.919. The maximum atomic E-state index is 13.5. The molecular formula is C13H16FNO4S. The molecule has 2 rings (SSSR count). The fourth-order valence-corrected chi connectivity index (χ4v) is 4.11. The molecule has 1 fully saturated rings. The Morgan fingerprint density at radius 3 is 2.80 bits per heavy atom. The molecule has 20 heavy (non-hydrogen) atoms. The summed E-state index contributed by atoms with van der Waals surface area (Å²) >= 11 is 0. The number of nitrogens with zero attached hydrogens (tertiary/aromatic N) is 1. The summed E-state index contributed by atoms with van der Waals surface area (Å²) in [5.74, 6) is -1.62. The summed E-state index contributed by atoms with van der Waals surface area (Å²) in [6, 6.07) is 3.19. The first-order valence-electron chi connectivity index (χ1n) is 6.32. The molecule has 0 radical (unpaired) electrons. The molecule has 0 aromatic heterocycles. The van der Waals surface area contributed by atoms with Crippen molar-refractivity contribution in [2.24, 2.45) is 0 Å². The number of carboxylic acids is 1. The Morgan fingerprint density at radius 2 is 2.20 bits per heavy atom. The second-order valence-electron chi connectivity index (χ2n) is 4.92. The van der Waals surface area contributed by atoms with E-state index in [1.165, 1.54) is 16.4 Å². The number of sulfonamides is 1.